The van der Waals surface area contributed by atoms with Crippen LogP contribution in [-0.4, -0.2) is 40.6 Å². The van der Waals surface area contributed by atoms with E-state index in [0.29, 0.717) is 0 Å². The summed E-state index contributed by atoms with van der Waals surface area (Å²) in [6.45, 7) is -0.182. The fraction of sp³-hybridized carbons (Fsp3) is 0.750. The van der Waals surface area contributed by atoms with E-state index in [4.69, 9.17) is 10.2 Å². The van der Waals surface area contributed by atoms with Crippen LogP contribution in [0, 0.1) is 0 Å². The molecule has 1 aliphatic rings. The predicted octanol–water partition coefficient (Wildman–Crippen LogP) is -1.72. The van der Waals surface area contributed by atoms with E-state index in [9.17, 15) is 4.79 Å². The molecular formula is C4H8N2O3. The highest BCUT2D eigenvalue weighted by Crippen LogP contribution is 1.98. The van der Waals surface area contributed by atoms with Crippen molar-refractivity contribution in [2.75, 3.05) is 13.3 Å². The van der Waals surface area contributed by atoms with Crippen molar-refractivity contribution < 1.29 is 15.0 Å². The lowest BCUT2D eigenvalue weighted by Gasteiger charge is -2.07. The molecule has 1 saturated heterocycles. The summed E-state index contributed by atoms with van der Waals surface area (Å²) in [7, 11) is 0. The highest BCUT2D eigenvalue weighted by atomic mass is 16.3. The second-order valence-corrected chi connectivity index (χ2v) is 1.83. The van der Waals surface area contributed by atoms with Gasteiger partial charge < -0.3 is 15.5 Å². The van der Waals surface area contributed by atoms with Gasteiger partial charge in [-0.2, -0.15) is 0 Å². The van der Waals surface area contributed by atoms with E-state index in [1.807, 2.05) is 0 Å². The number of aliphatic hydroxyl groups excluding tert-OH is 2. The molecule has 0 aromatic rings. The Morgan fingerprint density at radius 1 is 1.89 bits per heavy atom. The number of hydrogen-bond donors (Lipinski definition) is 3. The Morgan fingerprint density at radius 2 is 2.56 bits per heavy atom. The maximum atomic E-state index is 10.5. The van der Waals surface area contributed by atoms with Crippen LogP contribution >= 0.6 is 0 Å². The molecule has 1 aliphatic heterocycles. The second kappa shape index (κ2) is 2.20. The van der Waals surface area contributed by atoms with Crippen LogP contribution in [0.25, 0.3) is 0 Å². The van der Waals surface area contributed by atoms with Crippen molar-refractivity contribution in [1.82, 2.24) is 10.2 Å². The highest BCUT2D eigenvalue weighted by Gasteiger charge is 2.25. The summed E-state index contributed by atoms with van der Waals surface area (Å²) in [5, 5.41) is 19.3. The third-order valence-electron chi connectivity index (χ3n) is 1.14. The van der Waals surface area contributed by atoms with Crippen LogP contribution in [0.2, 0.25) is 0 Å². The number of β-amino-alcohol motifs (C(OH)–C–C–N with tert-alkyl or cyclic N) is 1. The minimum absolute atomic E-state index is 0.162. The SMILES string of the molecule is O=C1NC(O)CN1CO. The summed E-state index contributed by atoms with van der Waals surface area (Å²) in [5.74, 6) is 0. The lowest BCUT2D eigenvalue weighted by molar-refractivity contribution is 0.115. The van der Waals surface area contributed by atoms with Gasteiger partial charge in [-0.1, -0.05) is 0 Å². The molecule has 0 spiro atoms. The number of nitrogens with one attached hydrogen (secondary N) is 1. The molecule has 9 heavy (non-hydrogen) atoms. The van der Waals surface area contributed by atoms with Crippen molar-refractivity contribution in [3.05, 3.63) is 0 Å². The summed E-state index contributed by atoms with van der Waals surface area (Å²) in [6, 6.07) is -0.426. The average molecular weight is 132 g/mol. The number of urea groups is 1. The Labute approximate surface area is 51.9 Å². The Morgan fingerprint density at radius 3 is 2.78 bits per heavy atom. The van der Waals surface area contributed by atoms with Crippen LogP contribution in [-0.2, 0) is 0 Å². The number of hydrogen-bond acceptors (Lipinski definition) is 3. The lowest BCUT2D eigenvalue weighted by atomic mass is 10.6. The van der Waals surface area contributed by atoms with Crippen molar-refractivity contribution in [3.63, 3.8) is 0 Å². The Hall–Kier alpha value is -0.810. The van der Waals surface area contributed by atoms with Gasteiger partial charge in [-0.15, -0.1) is 0 Å². The third kappa shape index (κ3) is 1.11. The summed E-state index contributed by atoms with van der Waals surface area (Å²) < 4.78 is 0. The molecule has 0 saturated carbocycles. The van der Waals surface area contributed by atoms with E-state index < -0.39 is 12.3 Å². The standard InChI is InChI=1S/C4H8N2O3/c7-2-6-1-3(8)5-4(6)9/h3,7-8H,1-2H2,(H,5,9). The molecule has 1 fully saturated rings. The molecule has 0 radical (unpaired) electrons. The minimum Gasteiger partial charge on any atom is -0.376 e. The Bertz CT molecular complexity index is 127. The molecule has 5 heteroatoms. The highest BCUT2D eigenvalue weighted by molar-refractivity contribution is 5.76. The number of aliphatic hydroxyl groups is 2. The van der Waals surface area contributed by atoms with Gasteiger partial charge in [0.25, 0.3) is 0 Å². The number of nitrogens with zero attached hydrogens (tertiary/aromatic N) is 1. The monoisotopic (exact) mass is 132 g/mol. The van der Waals surface area contributed by atoms with Gasteiger partial charge in [0.1, 0.15) is 13.0 Å². The van der Waals surface area contributed by atoms with Crippen molar-refractivity contribution in [3.8, 4) is 0 Å². The molecule has 1 unspecified atom stereocenters. The van der Waals surface area contributed by atoms with Gasteiger partial charge in [-0.05, 0) is 0 Å². The zero-order chi connectivity index (χ0) is 6.85. The first-order valence-electron chi connectivity index (χ1n) is 2.58. The number of carbonyl (C=O) groups excluding carboxylic acids is 1. The quantitative estimate of drug-likeness (QED) is 0.397. The molecule has 1 heterocycles. The Kier molecular flexibility index (Phi) is 1.54. The van der Waals surface area contributed by atoms with Crippen molar-refractivity contribution in [1.29, 1.82) is 0 Å². The molecule has 1 atom stereocenters. The maximum Gasteiger partial charge on any atom is 0.321 e. The molecule has 3 N–H and O–H groups in total. The zero-order valence-electron chi connectivity index (χ0n) is 4.74. The first-order chi connectivity index (χ1) is 4.24. The van der Waals surface area contributed by atoms with Crippen LogP contribution in [0.3, 0.4) is 0 Å². The summed E-state index contributed by atoms with van der Waals surface area (Å²) >= 11 is 0. The van der Waals surface area contributed by atoms with Gasteiger partial charge in [0.05, 0.1) is 6.54 Å². The molecule has 5 nitrogen and oxygen atoms in total. The number of rotatable bonds is 1. The van der Waals surface area contributed by atoms with Crippen molar-refractivity contribution in [2.45, 2.75) is 6.23 Å². The zero-order valence-corrected chi connectivity index (χ0v) is 4.74. The van der Waals surface area contributed by atoms with E-state index in [0.717, 1.165) is 4.90 Å². The fourth-order valence-electron chi connectivity index (χ4n) is 0.693. The van der Waals surface area contributed by atoms with Crippen LogP contribution in [0.5, 0.6) is 0 Å². The molecule has 0 aromatic heterocycles. The Balaban J connectivity index is 2.48. The molecule has 0 aliphatic carbocycles. The molecule has 0 bridgehead atoms. The maximum absolute atomic E-state index is 10.5. The van der Waals surface area contributed by atoms with E-state index in [2.05, 4.69) is 5.32 Å². The van der Waals surface area contributed by atoms with E-state index in [1.54, 1.807) is 0 Å². The molecular weight excluding hydrogens is 124 g/mol. The smallest absolute Gasteiger partial charge is 0.321 e. The molecule has 1 rings (SSSR count). The molecule has 2 amide bonds. The topological polar surface area (TPSA) is 72.8 Å². The van der Waals surface area contributed by atoms with Crippen LogP contribution in [0.15, 0.2) is 0 Å². The normalized spacial score (nSPS) is 26.7. The van der Waals surface area contributed by atoms with Gasteiger partial charge >= 0.3 is 6.03 Å². The van der Waals surface area contributed by atoms with E-state index in [-0.39, 0.29) is 13.3 Å². The number of amides is 2. The van der Waals surface area contributed by atoms with Crippen LogP contribution in [0.1, 0.15) is 0 Å². The fourth-order valence-corrected chi connectivity index (χ4v) is 0.693. The number of carbonyl (C=O) groups is 1. The first kappa shape index (κ1) is 6.31. The average Bonchev–Trinajstić information content (AvgIpc) is 2.10. The summed E-state index contributed by atoms with van der Waals surface area (Å²) in [5.41, 5.74) is 0. The lowest BCUT2D eigenvalue weighted by Crippen LogP contribution is -2.29. The molecule has 52 valence electrons. The minimum atomic E-state index is -0.829. The van der Waals surface area contributed by atoms with Gasteiger partial charge in [0.2, 0.25) is 0 Å². The van der Waals surface area contributed by atoms with Crippen LogP contribution < -0.4 is 5.32 Å². The van der Waals surface area contributed by atoms with Gasteiger partial charge in [0.15, 0.2) is 0 Å². The third-order valence-corrected chi connectivity index (χ3v) is 1.14. The van der Waals surface area contributed by atoms with Crippen molar-refractivity contribution in [2.24, 2.45) is 0 Å². The first-order valence-corrected chi connectivity index (χ1v) is 2.58. The van der Waals surface area contributed by atoms with Crippen LogP contribution in [0.4, 0.5) is 4.79 Å². The van der Waals surface area contributed by atoms with Gasteiger partial charge in [-0.25, -0.2) is 4.79 Å². The van der Waals surface area contributed by atoms with Gasteiger partial charge in [-0.3, -0.25) is 4.90 Å². The molecule has 0 aromatic carbocycles. The van der Waals surface area contributed by atoms with Crippen molar-refractivity contribution >= 4 is 6.03 Å². The van der Waals surface area contributed by atoms with E-state index in [1.165, 1.54) is 0 Å². The largest absolute Gasteiger partial charge is 0.376 e. The predicted molar refractivity (Wildman–Crippen MR) is 28.3 cm³/mol. The second-order valence-electron chi connectivity index (χ2n) is 1.83. The summed E-state index contributed by atoms with van der Waals surface area (Å²) in [6.07, 6.45) is -0.829. The van der Waals surface area contributed by atoms with E-state index >= 15 is 0 Å². The summed E-state index contributed by atoms with van der Waals surface area (Å²) in [4.78, 5) is 11.6. The van der Waals surface area contributed by atoms with Gasteiger partial charge in [0, 0.05) is 0 Å².